The lowest BCUT2D eigenvalue weighted by Crippen LogP contribution is -2.44. The first-order valence-corrected chi connectivity index (χ1v) is 9.11. The average molecular weight is 340 g/mol. The van der Waals surface area contributed by atoms with Crippen LogP contribution in [0.2, 0.25) is 0 Å². The second-order valence-corrected chi connectivity index (χ2v) is 6.72. The molecule has 4 heterocycles. The molecular formula is C19H24N4O2. The van der Waals surface area contributed by atoms with Crippen LogP contribution >= 0.6 is 0 Å². The summed E-state index contributed by atoms with van der Waals surface area (Å²) < 4.78 is 11.5. The van der Waals surface area contributed by atoms with Crippen molar-refractivity contribution in [3.8, 4) is 11.6 Å². The van der Waals surface area contributed by atoms with Gasteiger partial charge >= 0.3 is 0 Å². The van der Waals surface area contributed by atoms with Crippen LogP contribution in [0, 0.1) is 0 Å². The summed E-state index contributed by atoms with van der Waals surface area (Å²) in [7, 11) is 0. The maximum absolute atomic E-state index is 5.97. The molecule has 0 spiro atoms. The van der Waals surface area contributed by atoms with Gasteiger partial charge in [-0.1, -0.05) is 0 Å². The fourth-order valence-corrected chi connectivity index (χ4v) is 3.83. The third-order valence-corrected chi connectivity index (χ3v) is 5.09. The second kappa shape index (κ2) is 7.89. The molecule has 0 radical (unpaired) electrons. The van der Waals surface area contributed by atoms with Gasteiger partial charge < -0.3 is 9.47 Å². The van der Waals surface area contributed by atoms with Crippen molar-refractivity contribution in [2.24, 2.45) is 0 Å². The minimum Gasteiger partial charge on any atom is -0.436 e. The first kappa shape index (κ1) is 16.4. The van der Waals surface area contributed by atoms with Crippen LogP contribution in [0.4, 0.5) is 0 Å². The van der Waals surface area contributed by atoms with E-state index in [1.165, 1.54) is 13.0 Å². The summed E-state index contributed by atoms with van der Waals surface area (Å²) in [6.45, 7) is 3.95. The molecule has 0 bridgehead atoms. The van der Waals surface area contributed by atoms with E-state index in [0.29, 0.717) is 23.6 Å². The van der Waals surface area contributed by atoms with Gasteiger partial charge in [-0.2, -0.15) is 0 Å². The number of hydrogen-bond donors (Lipinski definition) is 0. The van der Waals surface area contributed by atoms with Gasteiger partial charge in [-0.3, -0.25) is 14.9 Å². The molecule has 2 fully saturated rings. The Balaban J connectivity index is 1.50. The van der Waals surface area contributed by atoms with Crippen LogP contribution in [0.5, 0.6) is 11.6 Å². The van der Waals surface area contributed by atoms with Crippen molar-refractivity contribution >= 4 is 0 Å². The monoisotopic (exact) mass is 340 g/mol. The molecule has 6 nitrogen and oxygen atoms in total. The minimum absolute atomic E-state index is 0.358. The molecule has 0 aliphatic carbocycles. The average Bonchev–Trinajstić information content (AvgIpc) is 2.70. The molecule has 2 aromatic heterocycles. The molecular weight excluding hydrogens is 316 g/mol. The number of ether oxygens (including phenoxy) is 2. The Labute approximate surface area is 148 Å². The van der Waals surface area contributed by atoms with Crippen LogP contribution in [-0.2, 0) is 4.74 Å². The molecule has 0 unspecified atom stereocenters. The fraction of sp³-hybridized carbons (Fsp3) is 0.526. The van der Waals surface area contributed by atoms with Gasteiger partial charge in [-0.25, -0.2) is 4.98 Å². The molecule has 4 rings (SSSR count). The third-order valence-electron chi connectivity index (χ3n) is 5.09. The molecule has 0 amide bonds. The van der Waals surface area contributed by atoms with Crippen LogP contribution in [0.1, 0.15) is 37.3 Å². The van der Waals surface area contributed by atoms with E-state index in [-0.39, 0.29) is 0 Å². The SMILES string of the molecule is c1cncc(Oc2nccnc2[C@@H]2CCCN(C3CCOCC3)C2)c1. The molecule has 2 aliphatic heterocycles. The van der Waals surface area contributed by atoms with Crippen LogP contribution < -0.4 is 4.74 Å². The van der Waals surface area contributed by atoms with E-state index in [4.69, 9.17) is 9.47 Å². The molecule has 1 atom stereocenters. The van der Waals surface area contributed by atoms with E-state index >= 15 is 0 Å². The van der Waals surface area contributed by atoms with E-state index in [9.17, 15) is 0 Å². The lowest BCUT2D eigenvalue weighted by molar-refractivity contribution is 0.0236. The summed E-state index contributed by atoms with van der Waals surface area (Å²) in [5.74, 6) is 1.66. The highest BCUT2D eigenvalue weighted by Crippen LogP contribution is 2.33. The topological polar surface area (TPSA) is 60.4 Å². The predicted molar refractivity (Wildman–Crippen MR) is 93.7 cm³/mol. The molecule has 0 saturated carbocycles. The Bertz CT molecular complexity index is 676. The summed E-state index contributed by atoms with van der Waals surface area (Å²) in [5, 5.41) is 0. The lowest BCUT2D eigenvalue weighted by Gasteiger charge is -2.39. The molecule has 2 saturated heterocycles. The quantitative estimate of drug-likeness (QED) is 0.853. The number of pyridine rings is 1. The van der Waals surface area contributed by atoms with Gasteiger partial charge in [0.25, 0.3) is 0 Å². The zero-order valence-electron chi connectivity index (χ0n) is 14.4. The number of piperidine rings is 1. The van der Waals surface area contributed by atoms with Crippen molar-refractivity contribution in [2.75, 3.05) is 26.3 Å². The smallest absolute Gasteiger partial charge is 0.241 e. The van der Waals surface area contributed by atoms with E-state index in [2.05, 4.69) is 19.9 Å². The van der Waals surface area contributed by atoms with Crippen molar-refractivity contribution < 1.29 is 9.47 Å². The molecule has 0 N–H and O–H groups in total. The Morgan fingerprint density at radius 1 is 1.08 bits per heavy atom. The van der Waals surface area contributed by atoms with Crippen LogP contribution in [0.25, 0.3) is 0 Å². The predicted octanol–water partition coefficient (Wildman–Crippen LogP) is 3.02. The van der Waals surface area contributed by atoms with Gasteiger partial charge in [-0.05, 0) is 44.4 Å². The van der Waals surface area contributed by atoms with Crippen molar-refractivity contribution in [3.05, 3.63) is 42.6 Å². The number of hydrogen-bond acceptors (Lipinski definition) is 6. The van der Waals surface area contributed by atoms with Gasteiger partial charge in [0.2, 0.25) is 5.88 Å². The van der Waals surface area contributed by atoms with Gasteiger partial charge in [-0.15, -0.1) is 0 Å². The van der Waals surface area contributed by atoms with Crippen molar-refractivity contribution in [1.82, 2.24) is 19.9 Å². The van der Waals surface area contributed by atoms with E-state index in [0.717, 1.165) is 44.7 Å². The Morgan fingerprint density at radius 3 is 2.80 bits per heavy atom. The van der Waals surface area contributed by atoms with Gasteiger partial charge in [0.15, 0.2) is 0 Å². The summed E-state index contributed by atoms with van der Waals surface area (Å²) in [4.78, 5) is 15.8. The zero-order valence-corrected chi connectivity index (χ0v) is 14.4. The summed E-state index contributed by atoms with van der Waals surface area (Å²) in [5.41, 5.74) is 0.961. The fourth-order valence-electron chi connectivity index (χ4n) is 3.83. The van der Waals surface area contributed by atoms with Crippen molar-refractivity contribution in [3.63, 3.8) is 0 Å². The van der Waals surface area contributed by atoms with E-state index in [1.807, 2.05) is 12.1 Å². The second-order valence-electron chi connectivity index (χ2n) is 6.72. The Kier molecular flexibility index (Phi) is 5.18. The third kappa shape index (κ3) is 3.96. The summed E-state index contributed by atoms with van der Waals surface area (Å²) >= 11 is 0. The molecule has 2 aromatic rings. The van der Waals surface area contributed by atoms with Crippen LogP contribution in [0.15, 0.2) is 36.9 Å². The molecule has 132 valence electrons. The molecule has 6 heteroatoms. The van der Waals surface area contributed by atoms with Crippen LogP contribution in [0.3, 0.4) is 0 Å². The maximum atomic E-state index is 5.97. The molecule has 2 aliphatic rings. The van der Waals surface area contributed by atoms with E-state index < -0.39 is 0 Å². The summed E-state index contributed by atoms with van der Waals surface area (Å²) in [6, 6.07) is 4.38. The van der Waals surface area contributed by atoms with Gasteiger partial charge in [0.05, 0.1) is 6.20 Å². The highest BCUT2D eigenvalue weighted by molar-refractivity contribution is 5.29. The first-order chi connectivity index (χ1) is 12.4. The first-order valence-electron chi connectivity index (χ1n) is 9.11. The minimum atomic E-state index is 0.358. The number of aromatic nitrogens is 3. The van der Waals surface area contributed by atoms with E-state index in [1.54, 1.807) is 24.8 Å². The lowest BCUT2D eigenvalue weighted by atomic mass is 9.92. The maximum Gasteiger partial charge on any atom is 0.241 e. The zero-order chi connectivity index (χ0) is 16.9. The highest BCUT2D eigenvalue weighted by Gasteiger charge is 2.30. The van der Waals surface area contributed by atoms with Gasteiger partial charge in [0.1, 0.15) is 11.4 Å². The number of nitrogens with zero attached hydrogens (tertiary/aromatic N) is 4. The number of likely N-dealkylation sites (tertiary alicyclic amines) is 1. The molecule has 25 heavy (non-hydrogen) atoms. The largest absolute Gasteiger partial charge is 0.436 e. The van der Waals surface area contributed by atoms with Crippen molar-refractivity contribution in [1.29, 1.82) is 0 Å². The molecule has 0 aromatic carbocycles. The number of rotatable bonds is 4. The van der Waals surface area contributed by atoms with Crippen LogP contribution in [-0.4, -0.2) is 52.2 Å². The highest BCUT2D eigenvalue weighted by atomic mass is 16.5. The van der Waals surface area contributed by atoms with Crippen molar-refractivity contribution in [2.45, 2.75) is 37.6 Å². The van der Waals surface area contributed by atoms with Gasteiger partial charge in [0, 0.05) is 50.3 Å². The normalized spacial score (nSPS) is 22.6. The standard InChI is InChI=1S/C19H24N4O2/c1-4-17(13-20-7-1)25-19-18(21-8-9-22-19)15-3-2-10-23(14-15)16-5-11-24-12-6-16/h1,4,7-9,13,15-16H,2-3,5-6,10-12,14H2/t15-/m1/s1. The Morgan fingerprint density at radius 2 is 1.96 bits per heavy atom. The Hall–Kier alpha value is -2.05. The summed E-state index contributed by atoms with van der Waals surface area (Å²) in [6.07, 6.45) is 11.5.